The number of aliphatic hydroxyl groups is 1. The number of aliphatic hydroxyl groups excluding tert-OH is 1. The highest BCUT2D eigenvalue weighted by molar-refractivity contribution is 7.90. The molecule has 3 atom stereocenters. The topological polar surface area (TPSA) is 55.3 Å². The number of hydrogen-bond acceptors (Lipinski definition) is 3. The van der Waals surface area contributed by atoms with Crippen LogP contribution in [-0.4, -0.2) is 26.7 Å². The smallest absolute Gasteiger partial charge is 0.414 e. The molecular weight excluding hydrogens is 353 g/mol. The summed E-state index contributed by atoms with van der Waals surface area (Å²) >= 11 is -1.88. The van der Waals surface area contributed by atoms with Crippen molar-refractivity contribution in [1.29, 1.82) is 0 Å². The fourth-order valence-corrected chi connectivity index (χ4v) is 2.91. The maximum absolute atomic E-state index is 14.1. The van der Waals surface area contributed by atoms with Gasteiger partial charge in [-0.2, -0.15) is 13.2 Å². The van der Waals surface area contributed by atoms with Crippen LogP contribution < -0.4 is 4.72 Å². The van der Waals surface area contributed by atoms with E-state index in [1.165, 1.54) is 0 Å². The second-order valence-corrected chi connectivity index (χ2v) is 8.64. The zero-order valence-electron chi connectivity index (χ0n) is 13.7. The number of hydrogen-bond donors (Lipinski definition) is 2. The van der Waals surface area contributed by atoms with Crippen molar-refractivity contribution in [1.82, 2.24) is 4.72 Å². The number of halogens is 5. The van der Waals surface area contributed by atoms with Gasteiger partial charge < -0.3 is 9.66 Å². The van der Waals surface area contributed by atoms with Crippen molar-refractivity contribution < 1.29 is 31.6 Å². The molecule has 0 bridgehead atoms. The Morgan fingerprint density at radius 3 is 2.17 bits per heavy atom. The van der Waals surface area contributed by atoms with E-state index in [4.69, 9.17) is 0 Å². The van der Waals surface area contributed by atoms with Crippen LogP contribution >= 0.6 is 0 Å². The second-order valence-electron chi connectivity index (χ2n) is 6.68. The van der Waals surface area contributed by atoms with Gasteiger partial charge >= 0.3 is 6.18 Å². The van der Waals surface area contributed by atoms with E-state index in [-0.39, 0.29) is 0 Å². The molecule has 1 aromatic carbocycles. The van der Waals surface area contributed by atoms with Gasteiger partial charge in [-0.15, -0.1) is 4.72 Å². The quantitative estimate of drug-likeness (QED) is 0.613. The van der Waals surface area contributed by atoms with Crippen LogP contribution in [0.5, 0.6) is 0 Å². The maximum atomic E-state index is 14.1. The van der Waals surface area contributed by atoms with E-state index in [0.717, 1.165) is 25.1 Å². The number of alkyl halides is 3. The summed E-state index contributed by atoms with van der Waals surface area (Å²) < 4.78 is 79.6. The van der Waals surface area contributed by atoms with Crippen molar-refractivity contribution in [2.24, 2.45) is 0 Å². The molecule has 138 valence electrons. The highest BCUT2D eigenvalue weighted by Gasteiger charge is 2.47. The zero-order chi connectivity index (χ0) is 18.9. The molecule has 0 radical (unpaired) electrons. The molecule has 3 nitrogen and oxygen atoms in total. The fraction of sp³-hybridized carbons (Fsp3) is 0.600. The first-order valence-corrected chi connectivity index (χ1v) is 8.22. The van der Waals surface area contributed by atoms with Crippen molar-refractivity contribution >= 4 is 11.4 Å². The average molecular weight is 373 g/mol. The van der Waals surface area contributed by atoms with Crippen molar-refractivity contribution in [3.8, 4) is 0 Å². The first-order valence-electron chi connectivity index (χ1n) is 7.07. The van der Waals surface area contributed by atoms with Gasteiger partial charge in [0.1, 0.15) is 4.75 Å². The summed E-state index contributed by atoms with van der Waals surface area (Å²) in [6.45, 7) is 5.85. The van der Waals surface area contributed by atoms with Crippen LogP contribution in [0.4, 0.5) is 22.0 Å². The minimum atomic E-state index is -4.95. The molecule has 9 heteroatoms. The SMILES string of the molecule is CC(C)(C)[S@@+]([O-])N[C@@](C)(C[C@@H](O)C(F)(F)F)c1cccc(F)c1F. The highest BCUT2D eigenvalue weighted by Crippen LogP contribution is 2.36. The lowest BCUT2D eigenvalue weighted by molar-refractivity contribution is -0.209. The number of rotatable bonds is 5. The lowest BCUT2D eigenvalue weighted by Crippen LogP contribution is -2.53. The molecule has 0 amide bonds. The number of benzene rings is 1. The van der Waals surface area contributed by atoms with E-state index < -0.39 is 57.5 Å². The summed E-state index contributed by atoms with van der Waals surface area (Å²) in [4.78, 5) is 0. The van der Waals surface area contributed by atoms with Gasteiger partial charge in [0, 0.05) is 23.3 Å². The third-order valence-electron chi connectivity index (χ3n) is 3.40. The first-order chi connectivity index (χ1) is 10.7. The largest absolute Gasteiger partial charge is 0.598 e. The molecule has 2 N–H and O–H groups in total. The minimum Gasteiger partial charge on any atom is -0.598 e. The molecule has 0 aliphatic heterocycles. The molecule has 0 spiro atoms. The first kappa shape index (κ1) is 21.1. The Kier molecular flexibility index (Phi) is 6.30. The van der Waals surface area contributed by atoms with E-state index in [2.05, 4.69) is 4.72 Å². The molecule has 0 aliphatic carbocycles. The van der Waals surface area contributed by atoms with Crippen LogP contribution in [0.1, 0.15) is 39.7 Å². The monoisotopic (exact) mass is 373 g/mol. The van der Waals surface area contributed by atoms with E-state index in [1.54, 1.807) is 20.8 Å². The van der Waals surface area contributed by atoms with Crippen molar-refractivity contribution in [3.63, 3.8) is 0 Å². The lowest BCUT2D eigenvalue weighted by atomic mass is 9.86. The van der Waals surface area contributed by atoms with Crippen LogP contribution in [0.3, 0.4) is 0 Å². The average Bonchev–Trinajstić information content (AvgIpc) is 2.39. The van der Waals surface area contributed by atoms with E-state index in [0.29, 0.717) is 0 Å². The second kappa shape index (κ2) is 7.15. The third-order valence-corrected chi connectivity index (χ3v) is 5.15. The summed E-state index contributed by atoms with van der Waals surface area (Å²) in [6, 6.07) is 3.04. The predicted molar refractivity (Wildman–Crippen MR) is 81.4 cm³/mol. The Labute approximate surface area is 140 Å². The third kappa shape index (κ3) is 5.05. The summed E-state index contributed by atoms with van der Waals surface area (Å²) in [5, 5.41) is 9.38. The van der Waals surface area contributed by atoms with Gasteiger partial charge in [-0.05, 0) is 33.8 Å². The summed E-state index contributed by atoms with van der Waals surface area (Å²) in [5.74, 6) is -2.60. The molecule has 0 fully saturated rings. The van der Waals surface area contributed by atoms with Gasteiger partial charge in [-0.1, -0.05) is 12.1 Å². The van der Waals surface area contributed by atoms with E-state index in [9.17, 15) is 31.6 Å². The van der Waals surface area contributed by atoms with E-state index >= 15 is 0 Å². The molecule has 0 unspecified atom stereocenters. The molecule has 0 heterocycles. The fourth-order valence-electron chi connectivity index (χ4n) is 2.00. The van der Waals surface area contributed by atoms with Gasteiger partial charge in [0.25, 0.3) is 0 Å². The van der Waals surface area contributed by atoms with Gasteiger partial charge in [-0.3, -0.25) is 0 Å². The van der Waals surface area contributed by atoms with Crippen LogP contribution in [0.15, 0.2) is 18.2 Å². The Morgan fingerprint density at radius 1 is 1.17 bits per heavy atom. The molecule has 0 aliphatic rings. The molecule has 0 saturated heterocycles. The van der Waals surface area contributed by atoms with Crippen LogP contribution in [0.2, 0.25) is 0 Å². The normalized spacial score (nSPS) is 18.1. The minimum absolute atomic E-state index is 0.441. The summed E-state index contributed by atoms with van der Waals surface area (Å²) in [6.07, 6.45) is -8.77. The standard InChI is InChI=1S/C15H20F5NO2S/c1-13(2,3)24(23)21-14(4,8-11(22)15(18,19)20)9-6-5-7-10(16)12(9)17/h5-7,11,21-22H,8H2,1-4H3/t11-,14+,24-/m1/s1. The molecule has 24 heavy (non-hydrogen) atoms. The molecule has 0 saturated carbocycles. The van der Waals surface area contributed by atoms with Crippen molar-refractivity contribution in [2.45, 2.75) is 56.7 Å². The molecule has 1 rings (SSSR count). The van der Waals surface area contributed by atoms with Gasteiger partial charge in [0.2, 0.25) is 0 Å². The van der Waals surface area contributed by atoms with Gasteiger partial charge in [0.05, 0.1) is 5.54 Å². The van der Waals surface area contributed by atoms with Crippen LogP contribution in [-0.2, 0) is 16.9 Å². The summed E-state index contributed by atoms with van der Waals surface area (Å²) in [7, 11) is 0. The number of nitrogens with one attached hydrogen (secondary N) is 1. The lowest BCUT2D eigenvalue weighted by Gasteiger charge is -2.36. The molecule has 0 aromatic heterocycles. The van der Waals surface area contributed by atoms with Crippen LogP contribution in [0, 0.1) is 11.6 Å². The van der Waals surface area contributed by atoms with Crippen molar-refractivity contribution in [3.05, 3.63) is 35.4 Å². The Balaban J connectivity index is 3.32. The van der Waals surface area contributed by atoms with E-state index in [1.807, 2.05) is 0 Å². The highest BCUT2D eigenvalue weighted by atomic mass is 32.2. The molecular formula is C15H20F5NO2S. The zero-order valence-corrected chi connectivity index (χ0v) is 14.5. The van der Waals surface area contributed by atoms with Gasteiger partial charge in [0.15, 0.2) is 17.7 Å². The Bertz CT molecular complexity index is 552. The Morgan fingerprint density at radius 2 is 1.71 bits per heavy atom. The predicted octanol–water partition coefficient (Wildman–Crippen LogP) is 3.55. The van der Waals surface area contributed by atoms with Crippen LogP contribution in [0.25, 0.3) is 0 Å². The Hall–Kier alpha value is -0.900. The maximum Gasteiger partial charge on any atom is 0.414 e. The van der Waals surface area contributed by atoms with Gasteiger partial charge in [-0.25, -0.2) is 8.78 Å². The van der Waals surface area contributed by atoms with Crippen molar-refractivity contribution in [2.75, 3.05) is 0 Å². The summed E-state index contributed by atoms with van der Waals surface area (Å²) in [5.41, 5.74) is -2.34. The molecule has 1 aromatic rings.